The molecule has 0 fully saturated rings. The van der Waals surface area contributed by atoms with Crippen molar-refractivity contribution < 1.29 is 9.72 Å². The van der Waals surface area contributed by atoms with Crippen LogP contribution < -0.4 is 0 Å². The molecule has 1 amide bonds. The standard InChI is InChI=1S/C15H12BrIN2O3/c1-18(9-10-2-4-11(16)5-3-10)15(20)13-8-12(19(21)22)6-7-14(13)17/h2-8H,9H2,1H3. The highest BCUT2D eigenvalue weighted by Gasteiger charge is 2.18. The number of amides is 1. The van der Waals surface area contributed by atoms with Crippen LogP contribution in [0.4, 0.5) is 5.69 Å². The summed E-state index contributed by atoms with van der Waals surface area (Å²) in [7, 11) is 1.68. The molecule has 0 heterocycles. The summed E-state index contributed by atoms with van der Waals surface area (Å²) in [6, 6.07) is 12.0. The van der Waals surface area contributed by atoms with Gasteiger partial charge in [-0.25, -0.2) is 0 Å². The van der Waals surface area contributed by atoms with E-state index < -0.39 is 4.92 Å². The molecule has 0 bridgehead atoms. The zero-order valence-corrected chi connectivity index (χ0v) is 15.4. The van der Waals surface area contributed by atoms with Crippen LogP contribution in [0.2, 0.25) is 0 Å². The molecule has 7 heteroatoms. The zero-order valence-electron chi connectivity index (χ0n) is 11.6. The van der Waals surface area contributed by atoms with Crippen molar-refractivity contribution in [2.24, 2.45) is 0 Å². The van der Waals surface area contributed by atoms with Crippen molar-refractivity contribution in [2.75, 3.05) is 7.05 Å². The number of nitro groups is 1. The molecular formula is C15H12BrIN2O3. The maximum atomic E-state index is 12.5. The number of nitrogens with zero attached hydrogens (tertiary/aromatic N) is 2. The number of carbonyl (C=O) groups is 1. The zero-order chi connectivity index (χ0) is 16.3. The molecule has 0 aromatic heterocycles. The Morgan fingerprint density at radius 3 is 2.50 bits per heavy atom. The molecular weight excluding hydrogens is 463 g/mol. The van der Waals surface area contributed by atoms with E-state index in [0.29, 0.717) is 15.7 Å². The SMILES string of the molecule is CN(Cc1ccc(Br)cc1)C(=O)c1cc([N+](=O)[O-])ccc1I. The first-order valence-electron chi connectivity index (χ1n) is 6.32. The smallest absolute Gasteiger partial charge is 0.270 e. The first-order chi connectivity index (χ1) is 10.4. The second-order valence-corrected chi connectivity index (χ2v) is 6.79. The molecule has 0 aliphatic carbocycles. The van der Waals surface area contributed by atoms with Gasteiger partial charge in [0.2, 0.25) is 0 Å². The van der Waals surface area contributed by atoms with Crippen LogP contribution in [0, 0.1) is 13.7 Å². The van der Waals surface area contributed by atoms with Crippen LogP contribution in [0.15, 0.2) is 46.9 Å². The van der Waals surface area contributed by atoms with E-state index in [1.807, 2.05) is 46.9 Å². The average molecular weight is 475 g/mol. The Morgan fingerprint density at radius 2 is 1.91 bits per heavy atom. The van der Waals surface area contributed by atoms with Crippen molar-refractivity contribution in [3.8, 4) is 0 Å². The molecule has 0 aliphatic heterocycles. The maximum absolute atomic E-state index is 12.5. The largest absolute Gasteiger partial charge is 0.337 e. The molecule has 0 N–H and O–H groups in total. The van der Waals surface area contributed by atoms with Gasteiger partial charge in [-0.3, -0.25) is 14.9 Å². The molecule has 0 aliphatic rings. The summed E-state index contributed by atoms with van der Waals surface area (Å²) < 4.78 is 1.66. The monoisotopic (exact) mass is 474 g/mol. The van der Waals surface area contributed by atoms with Crippen molar-refractivity contribution in [3.63, 3.8) is 0 Å². The Labute approximate surface area is 149 Å². The lowest BCUT2D eigenvalue weighted by atomic mass is 10.1. The first kappa shape index (κ1) is 16.9. The molecule has 0 unspecified atom stereocenters. The number of carbonyl (C=O) groups excluding carboxylic acids is 1. The second kappa shape index (κ2) is 7.19. The van der Waals surface area contributed by atoms with Crippen molar-refractivity contribution in [1.29, 1.82) is 0 Å². The van der Waals surface area contributed by atoms with E-state index in [1.54, 1.807) is 18.0 Å². The summed E-state index contributed by atoms with van der Waals surface area (Å²) in [6.07, 6.45) is 0. The quantitative estimate of drug-likeness (QED) is 0.378. The molecule has 114 valence electrons. The van der Waals surface area contributed by atoms with Gasteiger partial charge in [-0.05, 0) is 46.4 Å². The molecule has 0 saturated carbocycles. The highest BCUT2D eigenvalue weighted by atomic mass is 127. The fraction of sp³-hybridized carbons (Fsp3) is 0.133. The van der Waals surface area contributed by atoms with Gasteiger partial charge in [0.15, 0.2) is 0 Å². The van der Waals surface area contributed by atoms with Gasteiger partial charge >= 0.3 is 0 Å². The summed E-state index contributed by atoms with van der Waals surface area (Å²) in [5.74, 6) is -0.240. The lowest BCUT2D eigenvalue weighted by molar-refractivity contribution is -0.384. The Morgan fingerprint density at radius 1 is 1.27 bits per heavy atom. The van der Waals surface area contributed by atoms with Gasteiger partial charge in [-0.2, -0.15) is 0 Å². The first-order valence-corrected chi connectivity index (χ1v) is 8.19. The van der Waals surface area contributed by atoms with Crippen LogP contribution in [0.1, 0.15) is 15.9 Å². The minimum absolute atomic E-state index is 0.0826. The van der Waals surface area contributed by atoms with Crippen LogP contribution in [-0.2, 0) is 6.54 Å². The van der Waals surface area contributed by atoms with Crippen LogP contribution in [0.5, 0.6) is 0 Å². The molecule has 0 saturated heterocycles. The fourth-order valence-electron chi connectivity index (χ4n) is 1.93. The number of halogens is 2. The third kappa shape index (κ3) is 4.04. The van der Waals surface area contributed by atoms with E-state index in [0.717, 1.165) is 10.0 Å². The van der Waals surface area contributed by atoms with E-state index in [2.05, 4.69) is 15.9 Å². The van der Waals surface area contributed by atoms with E-state index in [9.17, 15) is 14.9 Å². The Balaban J connectivity index is 2.21. The van der Waals surface area contributed by atoms with Crippen LogP contribution in [0.3, 0.4) is 0 Å². The van der Waals surface area contributed by atoms with Crippen LogP contribution in [0.25, 0.3) is 0 Å². The minimum atomic E-state index is -0.498. The molecule has 0 atom stereocenters. The summed E-state index contributed by atoms with van der Waals surface area (Å²) in [5.41, 5.74) is 1.25. The van der Waals surface area contributed by atoms with E-state index >= 15 is 0 Å². The number of non-ortho nitro benzene ring substituents is 1. The Hall–Kier alpha value is -1.48. The van der Waals surface area contributed by atoms with E-state index in [4.69, 9.17) is 0 Å². The topological polar surface area (TPSA) is 63.5 Å². The predicted octanol–water partition coefficient (Wildman–Crippen LogP) is 4.23. The van der Waals surface area contributed by atoms with Gasteiger partial charge in [0.25, 0.3) is 11.6 Å². The number of benzene rings is 2. The lowest BCUT2D eigenvalue weighted by Crippen LogP contribution is -2.27. The van der Waals surface area contributed by atoms with Crippen molar-refractivity contribution >= 4 is 50.1 Å². The molecule has 2 rings (SSSR count). The normalized spacial score (nSPS) is 10.3. The Kier molecular flexibility index (Phi) is 5.52. The van der Waals surface area contributed by atoms with Crippen molar-refractivity contribution in [1.82, 2.24) is 4.90 Å². The van der Waals surface area contributed by atoms with Crippen LogP contribution in [-0.4, -0.2) is 22.8 Å². The molecule has 5 nitrogen and oxygen atoms in total. The third-order valence-electron chi connectivity index (χ3n) is 3.07. The Bertz CT molecular complexity index is 719. The summed E-state index contributed by atoms with van der Waals surface area (Å²) in [4.78, 5) is 24.4. The van der Waals surface area contributed by atoms with Crippen molar-refractivity contribution in [3.05, 3.63) is 71.7 Å². The number of hydrogen-bond acceptors (Lipinski definition) is 3. The summed E-state index contributed by atoms with van der Waals surface area (Å²) in [6.45, 7) is 0.435. The number of rotatable bonds is 4. The van der Waals surface area contributed by atoms with Crippen LogP contribution >= 0.6 is 38.5 Å². The van der Waals surface area contributed by atoms with E-state index in [-0.39, 0.29) is 11.6 Å². The fourth-order valence-corrected chi connectivity index (χ4v) is 2.76. The highest BCUT2D eigenvalue weighted by molar-refractivity contribution is 14.1. The molecule has 22 heavy (non-hydrogen) atoms. The summed E-state index contributed by atoms with van der Waals surface area (Å²) in [5, 5.41) is 10.9. The summed E-state index contributed by atoms with van der Waals surface area (Å²) >= 11 is 5.37. The van der Waals surface area contributed by atoms with Gasteiger partial charge in [0.05, 0.1) is 10.5 Å². The molecule has 2 aromatic rings. The van der Waals surface area contributed by atoms with Crippen molar-refractivity contribution in [2.45, 2.75) is 6.54 Å². The van der Waals surface area contributed by atoms with Gasteiger partial charge < -0.3 is 4.90 Å². The van der Waals surface area contributed by atoms with E-state index in [1.165, 1.54) is 12.1 Å². The highest BCUT2D eigenvalue weighted by Crippen LogP contribution is 2.21. The third-order valence-corrected chi connectivity index (χ3v) is 4.54. The predicted molar refractivity (Wildman–Crippen MR) is 95.8 cm³/mol. The molecule has 0 radical (unpaired) electrons. The maximum Gasteiger partial charge on any atom is 0.270 e. The van der Waals surface area contributed by atoms with Gasteiger partial charge in [-0.15, -0.1) is 0 Å². The minimum Gasteiger partial charge on any atom is -0.337 e. The van der Waals surface area contributed by atoms with Gasteiger partial charge in [0, 0.05) is 33.8 Å². The molecule has 2 aromatic carbocycles. The van der Waals surface area contributed by atoms with Gasteiger partial charge in [0.1, 0.15) is 0 Å². The lowest BCUT2D eigenvalue weighted by Gasteiger charge is -2.18. The average Bonchev–Trinajstić information content (AvgIpc) is 2.49. The number of hydrogen-bond donors (Lipinski definition) is 0. The second-order valence-electron chi connectivity index (χ2n) is 4.71. The molecule has 0 spiro atoms. The number of nitro benzene ring substituents is 1. The van der Waals surface area contributed by atoms with Gasteiger partial charge in [-0.1, -0.05) is 28.1 Å².